The van der Waals surface area contributed by atoms with Gasteiger partial charge in [-0.2, -0.15) is 0 Å². The van der Waals surface area contributed by atoms with Crippen LogP contribution in [-0.4, -0.2) is 27.1 Å². The zero-order chi connectivity index (χ0) is 16.2. The summed E-state index contributed by atoms with van der Waals surface area (Å²) >= 11 is 0. The molecule has 1 atom stereocenters. The molecule has 0 fully saturated rings. The topological polar surface area (TPSA) is 75.1 Å². The molecule has 2 rings (SSSR count). The maximum Gasteiger partial charge on any atom is 0.326 e. The first-order valence-corrected chi connectivity index (χ1v) is 7.23. The zero-order valence-electron chi connectivity index (χ0n) is 13.1. The van der Waals surface area contributed by atoms with Crippen LogP contribution < -0.4 is 5.32 Å². The molecule has 2 aromatic rings. The van der Waals surface area contributed by atoms with Crippen LogP contribution in [0.4, 0.5) is 5.95 Å². The maximum atomic E-state index is 11.5. The van der Waals surface area contributed by atoms with E-state index in [1.807, 2.05) is 36.4 Å². The average Bonchev–Trinajstić information content (AvgIpc) is 2.47. The summed E-state index contributed by atoms with van der Waals surface area (Å²) in [4.78, 5) is 20.0. The molecule has 0 aliphatic rings. The Kier molecular flexibility index (Phi) is 4.75. The molecule has 0 saturated carbocycles. The Bertz CT molecular complexity index is 636. The molecular formula is C17H21N3O2. The molecule has 1 aromatic carbocycles. The van der Waals surface area contributed by atoms with Crippen molar-refractivity contribution in [2.24, 2.45) is 0 Å². The number of hydrogen-bond donors (Lipinski definition) is 2. The Labute approximate surface area is 130 Å². The van der Waals surface area contributed by atoms with Crippen LogP contribution in [0, 0.1) is 0 Å². The number of carbonyl (C=O) groups is 1. The minimum atomic E-state index is -0.923. The van der Waals surface area contributed by atoms with Crippen LogP contribution in [0.3, 0.4) is 0 Å². The van der Waals surface area contributed by atoms with Gasteiger partial charge in [-0.1, -0.05) is 51.1 Å². The van der Waals surface area contributed by atoms with Crippen LogP contribution in [0.1, 0.15) is 32.0 Å². The number of carboxylic acids is 1. The van der Waals surface area contributed by atoms with Crippen LogP contribution in [-0.2, 0) is 16.6 Å². The molecule has 0 aliphatic carbocycles. The highest BCUT2D eigenvalue weighted by Crippen LogP contribution is 2.20. The molecule has 1 heterocycles. The second-order valence-corrected chi connectivity index (χ2v) is 6.24. The number of nitrogens with one attached hydrogen (secondary N) is 1. The molecule has 116 valence electrons. The van der Waals surface area contributed by atoms with Crippen molar-refractivity contribution in [3.8, 4) is 0 Å². The normalized spacial score (nSPS) is 12.7. The number of aliphatic carboxylic acids is 1. The van der Waals surface area contributed by atoms with Gasteiger partial charge in [0.05, 0.1) is 5.69 Å². The molecule has 2 N–H and O–H groups in total. The number of carboxylic acid groups (broad SMARTS) is 1. The van der Waals surface area contributed by atoms with Gasteiger partial charge < -0.3 is 10.4 Å². The fourth-order valence-corrected chi connectivity index (χ4v) is 2.05. The molecule has 0 aliphatic heterocycles. The summed E-state index contributed by atoms with van der Waals surface area (Å²) in [7, 11) is 0. The van der Waals surface area contributed by atoms with E-state index in [9.17, 15) is 9.90 Å². The van der Waals surface area contributed by atoms with E-state index in [1.54, 1.807) is 6.20 Å². The van der Waals surface area contributed by atoms with Gasteiger partial charge in [0.25, 0.3) is 0 Å². The Morgan fingerprint density at radius 1 is 1.23 bits per heavy atom. The average molecular weight is 299 g/mol. The van der Waals surface area contributed by atoms with E-state index in [1.165, 1.54) is 0 Å². The highest BCUT2D eigenvalue weighted by atomic mass is 16.4. The highest BCUT2D eigenvalue weighted by Gasteiger charge is 2.21. The lowest BCUT2D eigenvalue weighted by Gasteiger charge is -2.19. The molecule has 0 spiro atoms. The standard InChI is InChI=1S/C17H21N3O2/c1-17(2,3)14-9-10-18-16(20-14)19-13(15(21)22)11-12-7-5-4-6-8-12/h4-10,13H,11H2,1-3H3,(H,21,22)(H,18,19,20)/t13-/m0/s1. The fourth-order valence-electron chi connectivity index (χ4n) is 2.05. The molecular weight excluding hydrogens is 278 g/mol. The Hall–Kier alpha value is -2.43. The van der Waals surface area contributed by atoms with Crippen molar-refractivity contribution in [3.05, 3.63) is 53.9 Å². The summed E-state index contributed by atoms with van der Waals surface area (Å²) in [5, 5.41) is 12.3. The molecule has 22 heavy (non-hydrogen) atoms. The SMILES string of the molecule is CC(C)(C)c1ccnc(N[C@@H](Cc2ccccc2)C(=O)O)n1. The van der Waals surface area contributed by atoms with E-state index in [2.05, 4.69) is 36.1 Å². The molecule has 1 aromatic heterocycles. The lowest BCUT2D eigenvalue weighted by Crippen LogP contribution is -2.32. The summed E-state index contributed by atoms with van der Waals surface area (Å²) in [5.74, 6) is -0.579. The maximum absolute atomic E-state index is 11.5. The van der Waals surface area contributed by atoms with Crippen LogP contribution >= 0.6 is 0 Å². The van der Waals surface area contributed by atoms with E-state index in [4.69, 9.17) is 0 Å². The number of aromatic nitrogens is 2. The zero-order valence-corrected chi connectivity index (χ0v) is 13.1. The molecule has 5 heteroatoms. The smallest absolute Gasteiger partial charge is 0.326 e. The largest absolute Gasteiger partial charge is 0.480 e. The lowest BCUT2D eigenvalue weighted by atomic mass is 9.92. The molecule has 0 radical (unpaired) electrons. The van der Waals surface area contributed by atoms with Gasteiger partial charge in [-0.3, -0.25) is 0 Å². The third-order valence-electron chi connectivity index (χ3n) is 3.31. The summed E-state index contributed by atoms with van der Waals surface area (Å²) in [6.07, 6.45) is 2.02. The Morgan fingerprint density at radius 2 is 1.91 bits per heavy atom. The van der Waals surface area contributed by atoms with Gasteiger partial charge >= 0.3 is 5.97 Å². The number of anilines is 1. The molecule has 5 nitrogen and oxygen atoms in total. The van der Waals surface area contributed by atoms with Crippen molar-refractivity contribution in [2.75, 3.05) is 5.32 Å². The summed E-state index contributed by atoms with van der Waals surface area (Å²) < 4.78 is 0. The minimum absolute atomic E-state index is 0.114. The lowest BCUT2D eigenvalue weighted by molar-refractivity contribution is -0.137. The first-order valence-electron chi connectivity index (χ1n) is 7.23. The summed E-state index contributed by atoms with van der Waals surface area (Å²) in [6.45, 7) is 6.16. The highest BCUT2D eigenvalue weighted by molar-refractivity contribution is 5.77. The molecule has 0 bridgehead atoms. The van der Waals surface area contributed by atoms with Crippen molar-refractivity contribution in [1.29, 1.82) is 0 Å². The molecule has 0 unspecified atom stereocenters. The number of rotatable bonds is 5. The quantitative estimate of drug-likeness (QED) is 0.888. The van der Waals surface area contributed by atoms with Crippen molar-refractivity contribution in [2.45, 2.75) is 38.6 Å². The van der Waals surface area contributed by atoms with Crippen molar-refractivity contribution in [1.82, 2.24) is 9.97 Å². The van der Waals surface area contributed by atoms with Crippen LogP contribution in [0.15, 0.2) is 42.6 Å². The summed E-state index contributed by atoms with van der Waals surface area (Å²) in [6, 6.07) is 10.6. The number of nitrogens with zero attached hydrogens (tertiary/aromatic N) is 2. The van der Waals surface area contributed by atoms with Crippen molar-refractivity contribution in [3.63, 3.8) is 0 Å². The molecule has 0 amide bonds. The third-order valence-corrected chi connectivity index (χ3v) is 3.31. The number of hydrogen-bond acceptors (Lipinski definition) is 4. The number of benzene rings is 1. The second-order valence-electron chi connectivity index (χ2n) is 6.24. The monoisotopic (exact) mass is 299 g/mol. The molecule has 0 saturated heterocycles. The van der Waals surface area contributed by atoms with Gasteiger partial charge in [-0.25, -0.2) is 14.8 Å². The van der Waals surface area contributed by atoms with Gasteiger partial charge in [-0.15, -0.1) is 0 Å². The Balaban J connectivity index is 2.16. The van der Waals surface area contributed by atoms with Gasteiger partial charge in [0.2, 0.25) is 5.95 Å². The Morgan fingerprint density at radius 3 is 2.50 bits per heavy atom. The van der Waals surface area contributed by atoms with Gasteiger partial charge in [0, 0.05) is 18.0 Å². The van der Waals surface area contributed by atoms with Gasteiger partial charge in [-0.05, 0) is 11.6 Å². The van der Waals surface area contributed by atoms with Gasteiger partial charge in [0.1, 0.15) is 6.04 Å². The van der Waals surface area contributed by atoms with Crippen molar-refractivity contribution < 1.29 is 9.90 Å². The third kappa shape index (κ3) is 4.28. The van der Waals surface area contributed by atoms with Crippen molar-refractivity contribution >= 4 is 11.9 Å². The van der Waals surface area contributed by atoms with E-state index in [0.29, 0.717) is 12.4 Å². The van der Waals surface area contributed by atoms with Crippen LogP contribution in [0.25, 0.3) is 0 Å². The second kappa shape index (κ2) is 6.56. The van der Waals surface area contributed by atoms with Crippen LogP contribution in [0.5, 0.6) is 0 Å². The predicted molar refractivity (Wildman–Crippen MR) is 85.9 cm³/mol. The minimum Gasteiger partial charge on any atom is -0.480 e. The van der Waals surface area contributed by atoms with E-state index < -0.39 is 12.0 Å². The first-order chi connectivity index (χ1) is 10.4. The van der Waals surface area contributed by atoms with E-state index >= 15 is 0 Å². The van der Waals surface area contributed by atoms with Gasteiger partial charge in [0.15, 0.2) is 0 Å². The predicted octanol–water partition coefficient (Wildman–Crippen LogP) is 2.88. The van der Waals surface area contributed by atoms with Crippen LogP contribution in [0.2, 0.25) is 0 Å². The van der Waals surface area contributed by atoms with E-state index in [0.717, 1.165) is 11.3 Å². The first kappa shape index (κ1) is 15.9. The fraction of sp³-hybridized carbons (Fsp3) is 0.353. The van der Waals surface area contributed by atoms with E-state index in [-0.39, 0.29) is 5.41 Å². The summed E-state index contributed by atoms with van der Waals surface area (Å²) in [5.41, 5.74) is 1.71.